The molecule has 1 heterocycles. The molecule has 0 radical (unpaired) electrons. The Morgan fingerprint density at radius 2 is 2.10 bits per heavy atom. The highest BCUT2D eigenvalue weighted by molar-refractivity contribution is 5.80. The Balaban J connectivity index is 2.71. The van der Waals surface area contributed by atoms with Crippen LogP contribution in [0, 0.1) is 5.92 Å². The molecule has 1 aliphatic rings. The van der Waals surface area contributed by atoms with Crippen molar-refractivity contribution in [3.63, 3.8) is 0 Å². The number of hydrogen-bond donors (Lipinski definition) is 1. The molecule has 1 saturated heterocycles. The van der Waals surface area contributed by atoms with E-state index in [0.29, 0.717) is 18.0 Å². The monoisotopic (exact) mass is 299 g/mol. The molecule has 1 rings (SSSR count). The van der Waals surface area contributed by atoms with E-state index < -0.39 is 5.54 Å². The first-order valence-electron chi connectivity index (χ1n) is 7.99. The van der Waals surface area contributed by atoms with Gasteiger partial charge >= 0.3 is 5.97 Å². The zero-order chi connectivity index (χ0) is 16.2. The van der Waals surface area contributed by atoms with E-state index in [1.54, 1.807) is 0 Å². The third-order valence-electron chi connectivity index (χ3n) is 4.79. The molecule has 0 saturated carbocycles. The summed E-state index contributed by atoms with van der Waals surface area (Å²) in [7, 11) is 5.75. The molecule has 0 aromatic heterocycles. The lowest BCUT2D eigenvalue weighted by Gasteiger charge is -2.34. The van der Waals surface area contributed by atoms with Gasteiger partial charge in [-0.05, 0) is 46.8 Å². The van der Waals surface area contributed by atoms with Gasteiger partial charge in [0.05, 0.1) is 7.11 Å². The third kappa shape index (κ3) is 4.41. The largest absolute Gasteiger partial charge is 0.468 e. The first-order valence-corrected chi connectivity index (χ1v) is 7.99. The molecule has 0 aliphatic carbocycles. The summed E-state index contributed by atoms with van der Waals surface area (Å²) in [5.41, 5.74) is -0.609. The van der Waals surface area contributed by atoms with Crippen LogP contribution in [0.15, 0.2) is 0 Å². The van der Waals surface area contributed by atoms with Crippen LogP contribution in [0.25, 0.3) is 0 Å². The van der Waals surface area contributed by atoms with Crippen LogP contribution in [0.5, 0.6) is 0 Å². The predicted octanol–water partition coefficient (Wildman–Crippen LogP) is 1.19. The SMILES string of the molecule is CCNC(C)(CC(C)N1CC(C)C(N(C)C)C1)C(=O)OC. The lowest BCUT2D eigenvalue weighted by atomic mass is 9.93. The normalized spacial score (nSPS) is 27.6. The van der Waals surface area contributed by atoms with Gasteiger partial charge in [0.15, 0.2) is 0 Å². The van der Waals surface area contributed by atoms with E-state index in [4.69, 9.17) is 4.74 Å². The average Bonchev–Trinajstić information content (AvgIpc) is 2.80. The smallest absolute Gasteiger partial charge is 0.325 e. The number of methoxy groups -OCH3 is 1. The minimum absolute atomic E-state index is 0.174. The van der Waals surface area contributed by atoms with E-state index >= 15 is 0 Å². The van der Waals surface area contributed by atoms with E-state index in [2.05, 4.69) is 43.1 Å². The molecule has 0 aromatic rings. The van der Waals surface area contributed by atoms with Gasteiger partial charge in [-0.1, -0.05) is 13.8 Å². The Labute approximate surface area is 130 Å². The molecule has 4 unspecified atom stereocenters. The number of ether oxygens (including phenoxy) is 1. The van der Waals surface area contributed by atoms with Crippen LogP contribution in [-0.4, -0.2) is 74.2 Å². The molecule has 4 atom stereocenters. The van der Waals surface area contributed by atoms with E-state index in [-0.39, 0.29) is 5.97 Å². The first-order chi connectivity index (χ1) is 9.75. The summed E-state index contributed by atoms with van der Waals surface area (Å²) in [6, 6.07) is 0.941. The number of carbonyl (C=O) groups is 1. The Hall–Kier alpha value is -0.650. The van der Waals surface area contributed by atoms with Crippen LogP contribution in [-0.2, 0) is 9.53 Å². The quantitative estimate of drug-likeness (QED) is 0.716. The number of nitrogens with zero attached hydrogens (tertiary/aromatic N) is 2. The van der Waals surface area contributed by atoms with Crippen LogP contribution >= 0.6 is 0 Å². The van der Waals surface area contributed by atoms with Crippen molar-refractivity contribution in [3.05, 3.63) is 0 Å². The van der Waals surface area contributed by atoms with Crippen molar-refractivity contribution in [1.29, 1.82) is 0 Å². The van der Waals surface area contributed by atoms with Crippen molar-refractivity contribution in [2.75, 3.05) is 40.8 Å². The lowest BCUT2D eigenvalue weighted by molar-refractivity contribution is -0.148. The molecule has 0 spiro atoms. The van der Waals surface area contributed by atoms with Gasteiger partial charge in [0, 0.05) is 25.2 Å². The van der Waals surface area contributed by atoms with Gasteiger partial charge in [0.2, 0.25) is 0 Å². The van der Waals surface area contributed by atoms with Crippen molar-refractivity contribution in [2.45, 2.75) is 51.7 Å². The van der Waals surface area contributed by atoms with Gasteiger partial charge in [-0.3, -0.25) is 9.69 Å². The highest BCUT2D eigenvalue weighted by Gasteiger charge is 2.39. The lowest BCUT2D eigenvalue weighted by Crippen LogP contribution is -2.54. The maximum absolute atomic E-state index is 12.1. The summed E-state index contributed by atoms with van der Waals surface area (Å²) in [5.74, 6) is 0.485. The van der Waals surface area contributed by atoms with Gasteiger partial charge < -0.3 is 15.0 Å². The molecular formula is C16H33N3O2. The number of hydrogen-bond acceptors (Lipinski definition) is 5. The van der Waals surface area contributed by atoms with Crippen molar-refractivity contribution in [2.24, 2.45) is 5.92 Å². The molecule has 1 fully saturated rings. The van der Waals surface area contributed by atoms with E-state index in [1.165, 1.54) is 7.11 Å². The van der Waals surface area contributed by atoms with Gasteiger partial charge in [-0.2, -0.15) is 0 Å². The highest BCUT2D eigenvalue weighted by atomic mass is 16.5. The number of carbonyl (C=O) groups excluding carboxylic acids is 1. The van der Waals surface area contributed by atoms with Crippen LogP contribution in [0.2, 0.25) is 0 Å². The second-order valence-corrected chi connectivity index (χ2v) is 6.87. The second kappa shape index (κ2) is 7.56. The topological polar surface area (TPSA) is 44.8 Å². The Kier molecular flexibility index (Phi) is 6.63. The maximum atomic E-state index is 12.1. The third-order valence-corrected chi connectivity index (χ3v) is 4.79. The zero-order valence-electron chi connectivity index (χ0n) is 14.8. The van der Waals surface area contributed by atoms with Crippen molar-refractivity contribution < 1.29 is 9.53 Å². The first kappa shape index (κ1) is 18.4. The summed E-state index contributed by atoms with van der Waals surface area (Å²) in [5, 5.41) is 3.30. The molecule has 1 N–H and O–H groups in total. The van der Waals surface area contributed by atoms with Gasteiger partial charge in [0.25, 0.3) is 0 Å². The molecule has 124 valence electrons. The average molecular weight is 299 g/mol. The Morgan fingerprint density at radius 3 is 2.52 bits per heavy atom. The number of likely N-dealkylation sites (N-methyl/N-ethyl adjacent to an activating group) is 2. The molecule has 0 amide bonds. The van der Waals surface area contributed by atoms with Crippen LogP contribution in [0.4, 0.5) is 0 Å². The zero-order valence-corrected chi connectivity index (χ0v) is 14.8. The highest BCUT2D eigenvalue weighted by Crippen LogP contribution is 2.26. The summed E-state index contributed by atoms with van der Waals surface area (Å²) >= 11 is 0. The summed E-state index contributed by atoms with van der Waals surface area (Å²) in [6.45, 7) is 11.4. The molecule has 0 aromatic carbocycles. The van der Waals surface area contributed by atoms with E-state index in [1.807, 2.05) is 13.8 Å². The Morgan fingerprint density at radius 1 is 1.48 bits per heavy atom. The number of nitrogens with one attached hydrogen (secondary N) is 1. The number of rotatable bonds is 7. The molecular weight excluding hydrogens is 266 g/mol. The van der Waals surface area contributed by atoms with Gasteiger partial charge in [-0.15, -0.1) is 0 Å². The van der Waals surface area contributed by atoms with Crippen LogP contribution in [0.3, 0.4) is 0 Å². The van der Waals surface area contributed by atoms with Crippen molar-refractivity contribution >= 4 is 5.97 Å². The van der Waals surface area contributed by atoms with Crippen LogP contribution < -0.4 is 5.32 Å². The summed E-state index contributed by atoms with van der Waals surface area (Å²) < 4.78 is 4.98. The van der Waals surface area contributed by atoms with Gasteiger partial charge in [-0.25, -0.2) is 0 Å². The molecule has 1 aliphatic heterocycles. The van der Waals surface area contributed by atoms with E-state index in [9.17, 15) is 4.79 Å². The summed E-state index contributed by atoms with van der Waals surface area (Å²) in [6.07, 6.45) is 0.764. The predicted molar refractivity (Wildman–Crippen MR) is 86.4 cm³/mol. The minimum atomic E-state index is -0.609. The number of likely N-dealkylation sites (tertiary alicyclic amines) is 1. The maximum Gasteiger partial charge on any atom is 0.325 e. The fraction of sp³-hybridized carbons (Fsp3) is 0.938. The van der Waals surface area contributed by atoms with E-state index in [0.717, 1.165) is 26.1 Å². The second-order valence-electron chi connectivity index (χ2n) is 6.87. The molecule has 21 heavy (non-hydrogen) atoms. The molecule has 5 heteroatoms. The fourth-order valence-electron chi connectivity index (χ4n) is 3.58. The minimum Gasteiger partial charge on any atom is -0.468 e. The molecule has 0 bridgehead atoms. The Bertz CT molecular complexity index is 348. The summed E-state index contributed by atoms with van der Waals surface area (Å²) in [4.78, 5) is 16.9. The van der Waals surface area contributed by atoms with Crippen molar-refractivity contribution in [1.82, 2.24) is 15.1 Å². The number of esters is 1. The van der Waals surface area contributed by atoms with Crippen molar-refractivity contribution in [3.8, 4) is 0 Å². The molecule has 5 nitrogen and oxygen atoms in total. The fourth-order valence-corrected chi connectivity index (χ4v) is 3.58. The van der Waals surface area contributed by atoms with Crippen LogP contribution in [0.1, 0.15) is 34.1 Å². The standard InChI is InChI=1S/C16H33N3O2/c1-8-17-16(4,15(20)21-7)9-13(3)19-10-12(2)14(11-19)18(5)6/h12-14,17H,8-11H2,1-7H3. The van der Waals surface area contributed by atoms with Gasteiger partial charge in [0.1, 0.15) is 5.54 Å².